The van der Waals surface area contributed by atoms with Crippen LogP contribution in [0.1, 0.15) is 57.9 Å². The van der Waals surface area contributed by atoms with E-state index < -0.39 is 0 Å². The Morgan fingerprint density at radius 1 is 0.923 bits per heavy atom. The Balaban J connectivity index is 2.04. The molecular weight excluding hydrogens is 328 g/mol. The molecule has 4 heteroatoms. The number of hydrogen-bond donors (Lipinski definition) is 0. The highest BCUT2D eigenvalue weighted by Gasteiger charge is 2.02. The monoisotopic (exact) mass is 362 g/mol. The molecule has 1 rings (SSSR count). The highest BCUT2D eigenvalue weighted by Crippen LogP contribution is 2.15. The van der Waals surface area contributed by atoms with E-state index in [2.05, 4.69) is 25.6 Å². The molecule has 0 fully saturated rings. The van der Waals surface area contributed by atoms with Gasteiger partial charge in [0.05, 0.1) is 13.2 Å². The summed E-state index contributed by atoms with van der Waals surface area (Å²) >= 11 is 0. The van der Waals surface area contributed by atoms with Crippen molar-refractivity contribution in [2.45, 2.75) is 58.8 Å². The Kier molecular flexibility index (Phi) is 12.3. The van der Waals surface area contributed by atoms with Crippen LogP contribution in [0.4, 0.5) is 0 Å². The smallest absolute Gasteiger partial charge is 0.333 e. The fraction of sp³-hybridized carbons (Fsp3) is 0.591. The van der Waals surface area contributed by atoms with Gasteiger partial charge in [-0.2, -0.15) is 0 Å². The molecule has 0 unspecified atom stereocenters. The first-order valence-corrected chi connectivity index (χ1v) is 9.75. The minimum Gasteiger partial charge on any atom is -0.491 e. The molecule has 1 aromatic carbocycles. The summed E-state index contributed by atoms with van der Waals surface area (Å²) in [6.07, 6.45) is 9.08. The first-order valence-electron chi connectivity index (χ1n) is 9.75. The van der Waals surface area contributed by atoms with Gasteiger partial charge in [-0.05, 0) is 37.5 Å². The normalized spacial score (nSPS) is 10.5. The van der Waals surface area contributed by atoms with E-state index in [4.69, 9.17) is 14.2 Å². The van der Waals surface area contributed by atoms with Gasteiger partial charge in [0.15, 0.2) is 0 Å². The maximum absolute atomic E-state index is 11.2. The van der Waals surface area contributed by atoms with E-state index in [0.717, 1.165) is 12.2 Å². The third-order valence-electron chi connectivity index (χ3n) is 4.05. The molecule has 0 bridgehead atoms. The maximum atomic E-state index is 11.2. The third kappa shape index (κ3) is 10.9. The van der Waals surface area contributed by atoms with Gasteiger partial charge < -0.3 is 14.2 Å². The topological polar surface area (TPSA) is 44.8 Å². The second kappa shape index (κ2) is 14.4. The van der Waals surface area contributed by atoms with Crippen LogP contribution in [0.5, 0.6) is 5.75 Å². The third-order valence-corrected chi connectivity index (χ3v) is 4.05. The minimum absolute atomic E-state index is 0.235. The Bertz CT molecular complexity index is 507. The highest BCUT2D eigenvalue weighted by molar-refractivity contribution is 5.86. The summed E-state index contributed by atoms with van der Waals surface area (Å²) in [5.41, 5.74) is 1.76. The van der Waals surface area contributed by atoms with Crippen LogP contribution in [-0.2, 0) is 20.7 Å². The van der Waals surface area contributed by atoms with Crippen LogP contribution in [0.15, 0.2) is 36.4 Å². The Morgan fingerprint density at radius 3 is 2.27 bits per heavy atom. The molecule has 4 nitrogen and oxygen atoms in total. The Labute approximate surface area is 158 Å². The van der Waals surface area contributed by atoms with Crippen molar-refractivity contribution in [2.75, 3.05) is 26.4 Å². The SMILES string of the molecule is C=C(C)C(=O)OCCOCCOc1ccc(CCCCCCCC)cc1. The number of benzene rings is 1. The molecule has 0 saturated carbocycles. The summed E-state index contributed by atoms with van der Waals surface area (Å²) in [6, 6.07) is 8.31. The number of carbonyl (C=O) groups is 1. The average molecular weight is 363 g/mol. The lowest BCUT2D eigenvalue weighted by Crippen LogP contribution is -2.13. The second-order valence-corrected chi connectivity index (χ2v) is 6.54. The fourth-order valence-corrected chi connectivity index (χ4v) is 2.50. The number of rotatable bonds is 15. The first-order chi connectivity index (χ1) is 12.6. The molecule has 0 N–H and O–H groups in total. The lowest BCUT2D eigenvalue weighted by molar-refractivity contribution is -0.140. The molecule has 26 heavy (non-hydrogen) atoms. The van der Waals surface area contributed by atoms with Crippen molar-refractivity contribution < 1.29 is 19.0 Å². The number of ether oxygens (including phenoxy) is 3. The zero-order valence-electron chi connectivity index (χ0n) is 16.4. The molecule has 0 spiro atoms. The zero-order chi connectivity index (χ0) is 19.0. The van der Waals surface area contributed by atoms with E-state index in [1.54, 1.807) is 6.92 Å². The number of hydrogen-bond acceptors (Lipinski definition) is 4. The summed E-state index contributed by atoms with van der Waals surface area (Å²) in [5.74, 6) is 0.472. The number of carbonyl (C=O) groups excluding carboxylic acids is 1. The van der Waals surface area contributed by atoms with Crippen LogP contribution in [-0.4, -0.2) is 32.4 Å². The van der Waals surface area contributed by atoms with Crippen LogP contribution >= 0.6 is 0 Å². The minimum atomic E-state index is -0.383. The summed E-state index contributed by atoms with van der Waals surface area (Å²) in [5, 5.41) is 0. The van der Waals surface area contributed by atoms with Gasteiger partial charge in [0.1, 0.15) is 19.0 Å². The molecule has 0 amide bonds. The Morgan fingerprint density at radius 2 is 1.58 bits per heavy atom. The van der Waals surface area contributed by atoms with Crippen molar-refractivity contribution in [1.29, 1.82) is 0 Å². The van der Waals surface area contributed by atoms with Gasteiger partial charge in [0.2, 0.25) is 0 Å². The van der Waals surface area contributed by atoms with Crippen LogP contribution < -0.4 is 4.74 Å². The number of aryl methyl sites for hydroxylation is 1. The molecule has 1 aromatic rings. The quantitative estimate of drug-likeness (QED) is 0.247. The van der Waals surface area contributed by atoms with Crippen LogP contribution in [0.3, 0.4) is 0 Å². The molecule has 146 valence electrons. The second-order valence-electron chi connectivity index (χ2n) is 6.54. The van der Waals surface area contributed by atoms with Gasteiger partial charge in [0.25, 0.3) is 0 Å². The molecule has 0 radical (unpaired) electrons. The summed E-state index contributed by atoms with van der Waals surface area (Å²) < 4.78 is 16.0. The van der Waals surface area contributed by atoms with Gasteiger partial charge in [0, 0.05) is 5.57 Å². The molecule has 0 aliphatic carbocycles. The van der Waals surface area contributed by atoms with Crippen LogP contribution in [0, 0.1) is 0 Å². The van der Waals surface area contributed by atoms with Crippen molar-refractivity contribution in [3.05, 3.63) is 42.0 Å². The molecule has 0 atom stereocenters. The number of esters is 1. The molecule has 0 aromatic heterocycles. The molecule has 0 aliphatic rings. The van der Waals surface area contributed by atoms with Crippen LogP contribution in [0.25, 0.3) is 0 Å². The predicted molar refractivity (Wildman–Crippen MR) is 106 cm³/mol. The predicted octanol–water partition coefficient (Wildman–Crippen LogP) is 5.10. The molecule has 0 heterocycles. The maximum Gasteiger partial charge on any atom is 0.333 e. The van der Waals surface area contributed by atoms with E-state index in [-0.39, 0.29) is 12.6 Å². The van der Waals surface area contributed by atoms with Crippen molar-refractivity contribution in [3.8, 4) is 5.75 Å². The van der Waals surface area contributed by atoms with E-state index in [1.165, 1.54) is 44.1 Å². The number of unbranched alkanes of at least 4 members (excludes halogenated alkanes) is 5. The largest absolute Gasteiger partial charge is 0.491 e. The highest BCUT2D eigenvalue weighted by atomic mass is 16.6. The molecular formula is C22H34O4. The first kappa shape index (κ1) is 22.2. The lowest BCUT2D eigenvalue weighted by atomic mass is 10.0. The summed E-state index contributed by atoms with van der Waals surface area (Å²) in [6.45, 7) is 8.92. The van der Waals surface area contributed by atoms with Gasteiger partial charge >= 0.3 is 5.97 Å². The van der Waals surface area contributed by atoms with Crippen molar-refractivity contribution in [2.24, 2.45) is 0 Å². The van der Waals surface area contributed by atoms with E-state index in [1.807, 2.05) is 12.1 Å². The standard InChI is InChI=1S/C22H34O4/c1-4-5-6-7-8-9-10-20-11-13-21(14-12-20)25-17-15-24-16-18-26-22(23)19(2)3/h11-14H,2,4-10,15-18H2,1,3H3. The lowest BCUT2D eigenvalue weighted by Gasteiger charge is -2.09. The van der Waals surface area contributed by atoms with Gasteiger partial charge in [-0.1, -0.05) is 57.7 Å². The van der Waals surface area contributed by atoms with Crippen LogP contribution in [0.2, 0.25) is 0 Å². The Hall–Kier alpha value is -1.81. The van der Waals surface area contributed by atoms with Crippen molar-refractivity contribution >= 4 is 5.97 Å². The van der Waals surface area contributed by atoms with E-state index >= 15 is 0 Å². The van der Waals surface area contributed by atoms with Crippen molar-refractivity contribution in [1.82, 2.24) is 0 Å². The van der Waals surface area contributed by atoms with Gasteiger partial charge in [-0.3, -0.25) is 0 Å². The molecule has 0 aliphatic heterocycles. The van der Waals surface area contributed by atoms with Gasteiger partial charge in [-0.25, -0.2) is 4.79 Å². The van der Waals surface area contributed by atoms with Crippen molar-refractivity contribution in [3.63, 3.8) is 0 Å². The summed E-state index contributed by atoms with van der Waals surface area (Å²) in [4.78, 5) is 11.2. The fourth-order valence-electron chi connectivity index (χ4n) is 2.50. The van der Waals surface area contributed by atoms with E-state index in [0.29, 0.717) is 25.4 Å². The molecule has 0 saturated heterocycles. The average Bonchev–Trinajstić information content (AvgIpc) is 2.64. The summed E-state index contributed by atoms with van der Waals surface area (Å²) in [7, 11) is 0. The van der Waals surface area contributed by atoms with Gasteiger partial charge in [-0.15, -0.1) is 0 Å². The zero-order valence-corrected chi connectivity index (χ0v) is 16.4. The van der Waals surface area contributed by atoms with E-state index in [9.17, 15) is 4.79 Å².